The molecule has 0 bridgehead atoms. The summed E-state index contributed by atoms with van der Waals surface area (Å²) in [4.78, 5) is 46.5. The molecule has 1 aliphatic heterocycles. The highest BCUT2D eigenvalue weighted by Gasteiger charge is 2.21. The maximum atomic E-state index is 13.1. The van der Waals surface area contributed by atoms with Gasteiger partial charge in [-0.1, -0.05) is 25.1 Å². The van der Waals surface area contributed by atoms with E-state index in [9.17, 15) is 14.4 Å². The number of fused-ring (bicyclic) bond motifs is 1. The number of benzene rings is 1. The van der Waals surface area contributed by atoms with Crippen LogP contribution in [0.5, 0.6) is 0 Å². The highest BCUT2D eigenvalue weighted by molar-refractivity contribution is 7.99. The van der Waals surface area contributed by atoms with Crippen molar-refractivity contribution in [3.63, 3.8) is 0 Å². The fourth-order valence-corrected chi connectivity index (χ4v) is 4.51. The van der Waals surface area contributed by atoms with Gasteiger partial charge in [0.05, 0.1) is 36.0 Å². The lowest BCUT2D eigenvalue weighted by molar-refractivity contribution is -0.113. The number of carbonyl (C=O) groups is 2. The minimum absolute atomic E-state index is 0.0519. The van der Waals surface area contributed by atoms with Crippen LogP contribution in [-0.2, 0) is 20.8 Å². The van der Waals surface area contributed by atoms with Crippen LogP contribution in [-0.4, -0.2) is 51.5 Å². The van der Waals surface area contributed by atoms with Gasteiger partial charge in [-0.25, -0.2) is 14.8 Å². The molecule has 1 unspecified atom stereocenters. The van der Waals surface area contributed by atoms with Crippen molar-refractivity contribution < 1.29 is 19.1 Å². The Morgan fingerprint density at radius 2 is 2.09 bits per heavy atom. The fraction of sp³-hybridized carbons (Fsp3) is 0.400. The predicted octanol–water partition coefficient (Wildman–Crippen LogP) is 3.66. The van der Waals surface area contributed by atoms with Gasteiger partial charge in [0.25, 0.3) is 5.56 Å². The molecule has 3 heterocycles. The third kappa shape index (κ3) is 6.46. The summed E-state index contributed by atoms with van der Waals surface area (Å²) in [6, 6.07) is 9.96. The first-order chi connectivity index (χ1) is 17.0. The van der Waals surface area contributed by atoms with Crippen LogP contribution in [0.25, 0.3) is 11.0 Å². The van der Waals surface area contributed by atoms with Crippen LogP contribution in [0.3, 0.4) is 0 Å². The molecule has 1 amide bonds. The normalized spacial score (nSPS) is 15.3. The number of amides is 1. The lowest BCUT2D eigenvalue weighted by Crippen LogP contribution is -2.29. The van der Waals surface area contributed by atoms with Crippen molar-refractivity contribution in [1.82, 2.24) is 14.5 Å². The quantitative estimate of drug-likeness (QED) is 0.196. The lowest BCUT2D eigenvalue weighted by Gasteiger charge is -2.16. The molecular formula is C25H28N4O5S. The number of carbonyl (C=O) groups excluding carboxylic acids is 2. The Morgan fingerprint density at radius 3 is 2.83 bits per heavy atom. The van der Waals surface area contributed by atoms with Crippen LogP contribution < -0.4 is 10.9 Å². The summed E-state index contributed by atoms with van der Waals surface area (Å²) in [6.45, 7) is 3.49. The molecule has 9 nitrogen and oxygen atoms in total. The van der Waals surface area contributed by atoms with E-state index >= 15 is 0 Å². The SMILES string of the molecule is CCCCOC(=O)c1ccc(NC(=O)CSc2nc3ncccc3c(=O)n2CC2CCCO2)cc1. The number of esters is 1. The minimum Gasteiger partial charge on any atom is -0.462 e. The first-order valence-electron chi connectivity index (χ1n) is 11.7. The summed E-state index contributed by atoms with van der Waals surface area (Å²) in [7, 11) is 0. The van der Waals surface area contributed by atoms with E-state index in [0.29, 0.717) is 47.2 Å². The number of nitrogens with zero attached hydrogens (tertiary/aromatic N) is 3. The molecule has 0 spiro atoms. The molecule has 10 heteroatoms. The van der Waals surface area contributed by atoms with Crippen molar-refractivity contribution in [3.8, 4) is 0 Å². The Morgan fingerprint density at radius 1 is 1.26 bits per heavy atom. The van der Waals surface area contributed by atoms with Gasteiger partial charge in [-0.2, -0.15) is 0 Å². The van der Waals surface area contributed by atoms with E-state index in [-0.39, 0.29) is 29.3 Å². The molecule has 1 aromatic carbocycles. The maximum Gasteiger partial charge on any atom is 0.338 e. The van der Waals surface area contributed by atoms with Gasteiger partial charge in [0.1, 0.15) is 0 Å². The molecule has 2 aromatic heterocycles. The van der Waals surface area contributed by atoms with Gasteiger partial charge in [-0.05, 0) is 55.7 Å². The van der Waals surface area contributed by atoms with Gasteiger partial charge in [-0.3, -0.25) is 14.2 Å². The summed E-state index contributed by atoms with van der Waals surface area (Å²) in [5.41, 5.74) is 1.15. The summed E-state index contributed by atoms with van der Waals surface area (Å²) < 4.78 is 12.5. The maximum absolute atomic E-state index is 13.1. The lowest BCUT2D eigenvalue weighted by atomic mass is 10.2. The Bertz CT molecular complexity index is 1240. The molecule has 1 saturated heterocycles. The van der Waals surface area contributed by atoms with Crippen LogP contribution >= 0.6 is 11.8 Å². The summed E-state index contributed by atoms with van der Waals surface area (Å²) in [5.74, 6) is -0.587. The van der Waals surface area contributed by atoms with Gasteiger partial charge in [0.2, 0.25) is 5.91 Å². The molecule has 0 radical (unpaired) electrons. The van der Waals surface area contributed by atoms with E-state index in [4.69, 9.17) is 9.47 Å². The number of hydrogen-bond donors (Lipinski definition) is 1. The van der Waals surface area contributed by atoms with Crippen molar-refractivity contribution in [2.75, 3.05) is 24.3 Å². The number of nitrogens with one attached hydrogen (secondary N) is 1. The smallest absolute Gasteiger partial charge is 0.338 e. The molecule has 3 aromatic rings. The number of rotatable bonds is 10. The molecule has 35 heavy (non-hydrogen) atoms. The number of aromatic nitrogens is 3. The predicted molar refractivity (Wildman–Crippen MR) is 134 cm³/mol. The highest BCUT2D eigenvalue weighted by atomic mass is 32.2. The first-order valence-corrected chi connectivity index (χ1v) is 12.7. The van der Waals surface area contributed by atoms with Gasteiger partial charge >= 0.3 is 5.97 Å². The second-order valence-electron chi connectivity index (χ2n) is 8.22. The van der Waals surface area contributed by atoms with E-state index in [1.807, 2.05) is 6.92 Å². The average molecular weight is 497 g/mol. The van der Waals surface area contributed by atoms with E-state index in [1.165, 1.54) is 11.8 Å². The molecule has 1 fully saturated rings. The molecule has 1 N–H and O–H groups in total. The van der Waals surface area contributed by atoms with Crippen LogP contribution in [0.2, 0.25) is 0 Å². The monoisotopic (exact) mass is 496 g/mol. The van der Waals surface area contributed by atoms with Crippen LogP contribution in [0.15, 0.2) is 52.5 Å². The van der Waals surface area contributed by atoms with Crippen molar-refractivity contribution >= 4 is 40.4 Å². The fourth-order valence-electron chi connectivity index (χ4n) is 3.71. The summed E-state index contributed by atoms with van der Waals surface area (Å²) in [6.07, 6.45) is 5.15. The Labute approximate surface area is 207 Å². The Hall–Kier alpha value is -3.24. The molecule has 184 valence electrons. The number of unbranched alkanes of at least 4 members (excludes halogenated alkanes) is 1. The standard InChI is InChI=1S/C25H28N4O5S/c1-2-3-13-34-24(32)17-8-10-18(11-9-17)27-21(30)16-35-25-28-22-20(7-4-12-26-22)23(31)29(25)15-19-6-5-14-33-19/h4,7-12,19H,2-3,5-6,13-16H2,1H3,(H,27,30). The molecule has 4 rings (SSSR count). The van der Waals surface area contributed by atoms with Gasteiger partial charge < -0.3 is 14.8 Å². The Kier molecular flexibility index (Phi) is 8.49. The van der Waals surface area contributed by atoms with Crippen molar-refractivity contribution in [2.45, 2.75) is 50.4 Å². The second-order valence-corrected chi connectivity index (χ2v) is 9.17. The number of pyridine rings is 1. The van der Waals surface area contributed by atoms with E-state index in [0.717, 1.165) is 25.7 Å². The highest BCUT2D eigenvalue weighted by Crippen LogP contribution is 2.21. The van der Waals surface area contributed by atoms with Crippen LogP contribution in [0, 0.1) is 0 Å². The second kappa shape index (κ2) is 11.9. The van der Waals surface area contributed by atoms with Crippen molar-refractivity contribution in [3.05, 3.63) is 58.5 Å². The largest absolute Gasteiger partial charge is 0.462 e. The summed E-state index contributed by atoms with van der Waals surface area (Å²) in [5, 5.41) is 3.67. The summed E-state index contributed by atoms with van der Waals surface area (Å²) >= 11 is 1.18. The third-order valence-electron chi connectivity index (χ3n) is 5.57. The average Bonchev–Trinajstić information content (AvgIpc) is 3.38. The van der Waals surface area contributed by atoms with E-state index in [2.05, 4.69) is 15.3 Å². The Balaban J connectivity index is 1.41. The van der Waals surface area contributed by atoms with Gasteiger partial charge in [-0.15, -0.1) is 0 Å². The molecule has 0 aliphatic carbocycles. The minimum atomic E-state index is -0.382. The number of thioether (sulfide) groups is 1. The van der Waals surface area contributed by atoms with Crippen molar-refractivity contribution in [2.24, 2.45) is 0 Å². The number of hydrogen-bond acceptors (Lipinski definition) is 8. The zero-order chi connectivity index (χ0) is 24.6. The first kappa shape index (κ1) is 24.9. The zero-order valence-corrected chi connectivity index (χ0v) is 20.4. The number of anilines is 1. The topological polar surface area (TPSA) is 112 Å². The molecular weight excluding hydrogens is 468 g/mol. The van der Waals surface area contributed by atoms with Crippen molar-refractivity contribution in [1.29, 1.82) is 0 Å². The zero-order valence-electron chi connectivity index (χ0n) is 19.6. The van der Waals surface area contributed by atoms with E-state index < -0.39 is 0 Å². The van der Waals surface area contributed by atoms with Gasteiger partial charge in [0, 0.05) is 18.5 Å². The van der Waals surface area contributed by atoms with Gasteiger partial charge in [0.15, 0.2) is 10.8 Å². The molecule has 1 aliphatic rings. The number of ether oxygens (including phenoxy) is 2. The van der Waals surface area contributed by atoms with Crippen LogP contribution in [0.4, 0.5) is 5.69 Å². The molecule has 0 saturated carbocycles. The third-order valence-corrected chi connectivity index (χ3v) is 6.55. The van der Waals surface area contributed by atoms with Crippen LogP contribution in [0.1, 0.15) is 43.0 Å². The van der Waals surface area contributed by atoms with E-state index in [1.54, 1.807) is 47.2 Å². The molecule has 1 atom stereocenters.